The molecule has 3 nitrogen and oxygen atoms in total. The molecule has 0 amide bonds. The third-order valence-electron chi connectivity index (χ3n) is 3.53. The normalized spacial score (nSPS) is 22.6. The van der Waals surface area contributed by atoms with Gasteiger partial charge in [0.1, 0.15) is 0 Å². The highest BCUT2D eigenvalue weighted by atomic mass is 16.5. The number of nitrogens with zero attached hydrogens (tertiary/aromatic N) is 1. The van der Waals surface area contributed by atoms with Gasteiger partial charge in [0.25, 0.3) is 0 Å². The van der Waals surface area contributed by atoms with Gasteiger partial charge in [-0.2, -0.15) is 0 Å². The van der Waals surface area contributed by atoms with Crippen LogP contribution in [0.25, 0.3) is 0 Å². The Kier molecular flexibility index (Phi) is 3.67. The van der Waals surface area contributed by atoms with E-state index in [4.69, 9.17) is 4.74 Å². The third-order valence-corrected chi connectivity index (χ3v) is 3.53. The fraction of sp³-hybridized carbons (Fsp3) is 0.643. The Hall–Kier alpha value is -1.09. The number of aromatic nitrogens is 1. The van der Waals surface area contributed by atoms with Crippen LogP contribution in [-0.4, -0.2) is 18.1 Å². The van der Waals surface area contributed by atoms with Gasteiger partial charge in [-0.05, 0) is 30.7 Å². The van der Waals surface area contributed by atoms with Crippen molar-refractivity contribution in [1.82, 2.24) is 10.3 Å². The molecule has 0 spiro atoms. The summed E-state index contributed by atoms with van der Waals surface area (Å²) in [6, 6.07) is 6.54. The number of hydrogen-bond acceptors (Lipinski definition) is 3. The van der Waals surface area contributed by atoms with Crippen LogP contribution in [0.2, 0.25) is 0 Å². The van der Waals surface area contributed by atoms with E-state index < -0.39 is 0 Å². The molecule has 1 N–H and O–H groups in total. The van der Waals surface area contributed by atoms with Crippen LogP contribution in [-0.2, 0) is 6.54 Å². The van der Waals surface area contributed by atoms with Crippen LogP contribution in [0, 0.1) is 5.41 Å². The average molecular weight is 234 g/mol. The molecule has 3 heteroatoms. The smallest absolute Gasteiger partial charge is 0.213 e. The van der Waals surface area contributed by atoms with E-state index in [0.29, 0.717) is 17.3 Å². The average Bonchev–Trinajstić information content (AvgIpc) is 2.67. The number of methoxy groups -OCH3 is 1. The lowest BCUT2D eigenvalue weighted by Crippen LogP contribution is -2.27. The molecule has 1 unspecified atom stereocenters. The zero-order valence-electron chi connectivity index (χ0n) is 11.0. The first-order chi connectivity index (χ1) is 8.09. The van der Waals surface area contributed by atoms with Gasteiger partial charge >= 0.3 is 0 Å². The first-order valence-electron chi connectivity index (χ1n) is 6.32. The first kappa shape index (κ1) is 12.4. The van der Waals surface area contributed by atoms with Crippen LogP contribution in [0.15, 0.2) is 18.2 Å². The van der Waals surface area contributed by atoms with Crippen molar-refractivity contribution in [3.8, 4) is 5.88 Å². The van der Waals surface area contributed by atoms with Crippen molar-refractivity contribution in [3.05, 3.63) is 23.9 Å². The zero-order chi connectivity index (χ0) is 12.3. The predicted octanol–water partition coefficient (Wildman–Crippen LogP) is 2.76. The van der Waals surface area contributed by atoms with E-state index in [1.165, 1.54) is 19.3 Å². The summed E-state index contributed by atoms with van der Waals surface area (Å²) in [7, 11) is 1.65. The lowest BCUT2D eigenvalue weighted by Gasteiger charge is -2.17. The Balaban J connectivity index is 1.86. The SMILES string of the molecule is COc1cccc(CNC2CCC(C)(C)C2)n1. The van der Waals surface area contributed by atoms with Gasteiger partial charge in [-0.15, -0.1) is 0 Å². The fourth-order valence-electron chi connectivity index (χ4n) is 2.53. The van der Waals surface area contributed by atoms with Crippen molar-refractivity contribution in [3.63, 3.8) is 0 Å². The summed E-state index contributed by atoms with van der Waals surface area (Å²) >= 11 is 0. The third kappa shape index (κ3) is 3.43. The van der Waals surface area contributed by atoms with E-state index in [1.54, 1.807) is 7.11 Å². The van der Waals surface area contributed by atoms with Crippen molar-refractivity contribution in [1.29, 1.82) is 0 Å². The fourth-order valence-corrected chi connectivity index (χ4v) is 2.53. The van der Waals surface area contributed by atoms with Crippen molar-refractivity contribution < 1.29 is 4.74 Å². The van der Waals surface area contributed by atoms with E-state index in [9.17, 15) is 0 Å². The predicted molar refractivity (Wildman–Crippen MR) is 69.0 cm³/mol. The summed E-state index contributed by atoms with van der Waals surface area (Å²) < 4.78 is 5.12. The summed E-state index contributed by atoms with van der Waals surface area (Å²) in [5.41, 5.74) is 1.55. The molecule has 1 aliphatic rings. The zero-order valence-corrected chi connectivity index (χ0v) is 11.0. The molecule has 0 aromatic carbocycles. The van der Waals surface area contributed by atoms with Gasteiger partial charge in [-0.25, -0.2) is 4.98 Å². The van der Waals surface area contributed by atoms with Gasteiger partial charge in [0.2, 0.25) is 5.88 Å². The Bertz CT molecular complexity index is 376. The maximum Gasteiger partial charge on any atom is 0.213 e. The Morgan fingerprint density at radius 1 is 1.47 bits per heavy atom. The number of nitrogens with one attached hydrogen (secondary N) is 1. The summed E-state index contributed by atoms with van der Waals surface area (Å²) in [6.45, 7) is 5.52. The molecule has 0 radical (unpaired) electrons. The van der Waals surface area contributed by atoms with E-state index in [-0.39, 0.29) is 0 Å². The Morgan fingerprint density at radius 2 is 2.29 bits per heavy atom. The second-order valence-electron chi connectivity index (χ2n) is 5.66. The summed E-state index contributed by atoms with van der Waals surface area (Å²) in [4.78, 5) is 4.40. The topological polar surface area (TPSA) is 34.1 Å². The summed E-state index contributed by atoms with van der Waals surface area (Å²) in [5, 5.41) is 3.59. The molecule has 2 rings (SSSR count). The second-order valence-corrected chi connectivity index (χ2v) is 5.66. The minimum atomic E-state index is 0.499. The van der Waals surface area contributed by atoms with Gasteiger partial charge in [0.05, 0.1) is 12.8 Å². The van der Waals surface area contributed by atoms with Crippen LogP contribution in [0.1, 0.15) is 38.8 Å². The van der Waals surface area contributed by atoms with Gasteiger partial charge in [-0.1, -0.05) is 19.9 Å². The minimum absolute atomic E-state index is 0.499. The number of ether oxygens (including phenoxy) is 1. The van der Waals surface area contributed by atoms with Gasteiger partial charge in [-0.3, -0.25) is 0 Å². The van der Waals surface area contributed by atoms with Gasteiger partial charge in [0.15, 0.2) is 0 Å². The summed E-state index contributed by atoms with van der Waals surface area (Å²) in [5.74, 6) is 0.691. The van der Waals surface area contributed by atoms with Crippen LogP contribution in [0.4, 0.5) is 0 Å². The Morgan fingerprint density at radius 3 is 2.94 bits per heavy atom. The first-order valence-corrected chi connectivity index (χ1v) is 6.32. The molecule has 94 valence electrons. The van der Waals surface area contributed by atoms with Crippen LogP contribution in [0.3, 0.4) is 0 Å². The quantitative estimate of drug-likeness (QED) is 0.870. The van der Waals surface area contributed by atoms with Crippen molar-refractivity contribution in [2.75, 3.05) is 7.11 Å². The van der Waals surface area contributed by atoms with Gasteiger partial charge in [0, 0.05) is 18.7 Å². The lowest BCUT2D eigenvalue weighted by molar-refractivity contribution is 0.363. The molecular weight excluding hydrogens is 212 g/mol. The van der Waals surface area contributed by atoms with E-state index in [2.05, 4.69) is 24.1 Å². The number of rotatable bonds is 4. The molecule has 1 atom stereocenters. The van der Waals surface area contributed by atoms with Crippen molar-refractivity contribution in [2.24, 2.45) is 5.41 Å². The number of pyridine rings is 1. The maximum absolute atomic E-state index is 5.12. The largest absolute Gasteiger partial charge is 0.481 e. The van der Waals surface area contributed by atoms with Crippen LogP contribution in [0.5, 0.6) is 5.88 Å². The molecule has 1 aromatic heterocycles. The maximum atomic E-state index is 5.12. The molecule has 0 saturated heterocycles. The molecule has 1 aliphatic carbocycles. The highest BCUT2D eigenvalue weighted by Crippen LogP contribution is 2.36. The highest BCUT2D eigenvalue weighted by molar-refractivity contribution is 5.15. The lowest BCUT2D eigenvalue weighted by atomic mass is 9.92. The molecular formula is C14H22N2O. The van der Waals surface area contributed by atoms with Crippen LogP contribution >= 0.6 is 0 Å². The molecule has 17 heavy (non-hydrogen) atoms. The van der Waals surface area contributed by atoms with Crippen LogP contribution < -0.4 is 10.1 Å². The van der Waals surface area contributed by atoms with E-state index in [0.717, 1.165) is 12.2 Å². The molecule has 1 heterocycles. The monoisotopic (exact) mass is 234 g/mol. The minimum Gasteiger partial charge on any atom is -0.481 e. The standard InChI is InChI=1S/C14H22N2O/c1-14(2)8-7-11(9-14)15-10-12-5-4-6-13(16-12)17-3/h4-6,11,15H,7-10H2,1-3H3. The highest BCUT2D eigenvalue weighted by Gasteiger charge is 2.30. The second kappa shape index (κ2) is 5.05. The van der Waals surface area contributed by atoms with Crippen molar-refractivity contribution >= 4 is 0 Å². The van der Waals surface area contributed by atoms with Gasteiger partial charge < -0.3 is 10.1 Å². The van der Waals surface area contributed by atoms with E-state index in [1.807, 2.05) is 18.2 Å². The molecule has 0 aliphatic heterocycles. The van der Waals surface area contributed by atoms with Crippen molar-refractivity contribution in [2.45, 2.75) is 45.7 Å². The molecule has 1 aromatic rings. The number of hydrogen-bond donors (Lipinski definition) is 1. The molecule has 0 bridgehead atoms. The molecule has 1 saturated carbocycles. The Labute approximate surface area is 104 Å². The summed E-state index contributed by atoms with van der Waals surface area (Å²) in [6.07, 6.45) is 3.85. The van der Waals surface area contributed by atoms with E-state index >= 15 is 0 Å². The molecule has 1 fully saturated rings.